The second-order valence-electron chi connectivity index (χ2n) is 12.7. The van der Waals surface area contributed by atoms with Crippen molar-refractivity contribution >= 4 is 104 Å². The number of nitrogens with zero attached hydrogens (tertiary/aromatic N) is 2. The van der Waals surface area contributed by atoms with Gasteiger partial charge < -0.3 is 15.4 Å². The number of Topliss-reactive ketones (excluding diaryl/α,β-unsaturated/α-hetero) is 2. The van der Waals surface area contributed by atoms with Gasteiger partial charge in [-0.1, -0.05) is 0 Å². The molecule has 26 heteroatoms. The number of allylic oxidation sites excluding steroid dienone is 2. The molecule has 0 atom stereocenters. The number of aryl methyl sites for hydroxylation is 1. The fourth-order valence-electron chi connectivity index (χ4n) is 5.87. The number of carbonyl (C=O) groups is 3. The normalized spacial score (nSPS) is 15.6. The van der Waals surface area contributed by atoms with Crippen molar-refractivity contribution in [3.63, 3.8) is 0 Å². The molecule has 2 amide bonds. The topological polar surface area (TPSA) is 351 Å². The monoisotopic (exact) mass is 916 g/mol. The van der Waals surface area contributed by atoms with E-state index in [1.54, 1.807) is 0 Å². The summed E-state index contributed by atoms with van der Waals surface area (Å²) < 4.78 is 139. The smallest absolute Gasteiger partial charge is 0.323 e. The maximum atomic E-state index is 13.5. The molecule has 0 saturated carbocycles. The second kappa shape index (κ2) is 16.1. The molecule has 6 rings (SSSR count). The van der Waals surface area contributed by atoms with E-state index >= 15 is 0 Å². The van der Waals surface area contributed by atoms with Crippen LogP contribution in [0.15, 0.2) is 103 Å². The predicted molar refractivity (Wildman–Crippen MR) is 219 cm³/mol. The maximum absolute atomic E-state index is 13.5. The summed E-state index contributed by atoms with van der Waals surface area (Å²) in [5.74, 6) is -2.11. The minimum atomic E-state index is -5.12. The molecule has 0 radical (unpaired) electrons. The molecule has 318 valence electrons. The number of ketones is 2. The summed E-state index contributed by atoms with van der Waals surface area (Å²) in [4.78, 5) is 37.1. The van der Waals surface area contributed by atoms with Gasteiger partial charge in [0.15, 0.2) is 11.4 Å². The molecule has 0 bridgehead atoms. The Hall–Kier alpha value is -6.65. The maximum Gasteiger partial charge on any atom is 0.323 e. The molecule has 22 nitrogen and oxygen atoms in total. The van der Waals surface area contributed by atoms with Gasteiger partial charge in [0.05, 0.1) is 23.4 Å². The molecule has 0 unspecified atom stereocenters. The Labute approximate surface area is 345 Å². The van der Waals surface area contributed by atoms with Crippen molar-refractivity contribution in [3.8, 4) is 5.75 Å². The van der Waals surface area contributed by atoms with Crippen molar-refractivity contribution in [2.24, 2.45) is 10.2 Å². The number of anilines is 4. The fourth-order valence-corrected chi connectivity index (χ4v) is 8.39. The Balaban J connectivity index is 1.22. The van der Waals surface area contributed by atoms with Crippen molar-refractivity contribution in [1.29, 1.82) is 0 Å². The van der Waals surface area contributed by atoms with E-state index in [2.05, 4.69) is 31.7 Å². The van der Waals surface area contributed by atoms with Gasteiger partial charge in [0, 0.05) is 28.6 Å². The Bertz CT molecular complexity index is 3180. The summed E-state index contributed by atoms with van der Waals surface area (Å²) in [5.41, 5.74) is 3.05. The Morgan fingerprint density at radius 2 is 1.05 bits per heavy atom. The van der Waals surface area contributed by atoms with Gasteiger partial charge >= 0.3 is 6.03 Å². The minimum Gasteiger partial charge on any atom is -0.494 e. The highest BCUT2D eigenvalue weighted by molar-refractivity contribution is 7.91. The van der Waals surface area contributed by atoms with Gasteiger partial charge in [0.25, 0.3) is 40.5 Å². The number of methoxy groups -OCH3 is 1. The second-order valence-corrected chi connectivity index (χ2v) is 18.3. The van der Waals surface area contributed by atoms with E-state index in [0.717, 1.165) is 42.5 Å². The molecule has 8 N–H and O–H groups in total. The SMILES string of the molecule is COc1cc(S(=O)(=O)O)c(C)cc1N/N=C1/C(=O)c2ccc(NC(=O)Nc3ccc4c(c3)C=C(S(=O)(=O)O)/C(=N/Nc3ccc(S(=O)(=O)O)cc3)C4=O)cc2C=C1S(=O)(=O)O. The number of benzene rings is 4. The third-order valence-electron chi connectivity index (χ3n) is 8.65. The van der Waals surface area contributed by atoms with E-state index in [9.17, 15) is 61.7 Å². The molecule has 0 spiro atoms. The zero-order valence-electron chi connectivity index (χ0n) is 30.8. The van der Waals surface area contributed by atoms with Crippen molar-refractivity contribution < 1.29 is 71.0 Å². The van der Waals surface area contributed by atoms with E-state index in [1.807, 2.05) is 0 Å². The van der Waals surface area contributed by atoms with Crippen LogP contribution in [0.1, 0.15) is 37.4 Å². The minimum absolute atomic E-state index is 0.00955. The van der Waals surface area contributed by atoms with Gasteiger partial charge in [-0.05, 0) is 102 Å². The number of nitrogens with one attached hydrogen (secondary N) is 4. The summed E-state index contributed by atoms with van der Waals surface area (Å²) in [7, 11) is -18.2. The summed E-state index contributed by atoms with van der Waals surface area (Å²) in [5, 5.41) is 12.6. The number of urea groups is 1. The number of carbonyl (C=O) groups excluding carboxylic acids is 3. The molecule has 0 saturated heterocycles. The average Bonchev–Trinajstić information content (AvgIpc) is 3.15. The molecule has 0 fully saturated rings. The lowest BCUT2D eigenvalue weighted by Gasteiger charge is -2.18. The molecule has 0 heterocycles. The van der Waals surface area contributed by atoms with Crippen LogP contribution in [0, 0.1) is 6.92 Å². The summed E-state index contributed by atoms with van der Waals surface area (Å²) in [6.45, 7) is 1.34. The average molecular weight is 917 g/mol. The largest absolute Gasteiger partial charge is 0.494 e. The molecule has 4 aromatic rings. The van der Waals surface area contributed by atoms with Gasteiger partial charge in [-0.3, -0.25) is 38.7 Å². The van der Waals surface area contributed by atoms with E-state index < -0.39 is 89.1 Å². The number of ether oxygens (including phenoxy) is 1. The van der Waals surface area contributed by atoms with Crippen LogP contribution in [0.25, 0.3) is 12.2 Å². The van der Waals surface area contributed by atoms with Crippen molar-refractivity contribution in [2.45, 2.75) is 16.7 Å². The van der Waals surface area contributed by atoms with Gasteiger partial charge in [0.1, 0.15) is 20.5 Å². The number of hydrogen-bond donors (Lipinski definition) is 8. The molecule has 61 heavy (non-hydrogen) atoms. The molecular weight excluding hydrogens is 889 g/mol. The first kappa shape index (κ1) is 43.9. The first-order chi connectivity index (χ1) is 28.3. The van der Waals surface area contributed by atoms with Crippen molar-refractivity contribution in [3.05, 3.63) is 110 Å². The standard InChI is InChI=1S/C35H28N6O16S4/c1-17-11-26(27(57-2)16-28(17)59(48,49)50)39-41-32-30(61(54,55)56)15-19-13-22(6-10-25(19)34(32)43)37-35(44)36-21-5-9-24-18(12-21)14-29(60(51,52)53)31(33(24)42)40-38-20-3-7-23(8-4-20)58(45,46)47/h3-16,38-39H,1-2H3,(H2,36,37,44)(H,45,46,47)(H,48,49,50)(H,51,52,53)(H,54,55,56)/b40-31-,41-32+. The summed E-state index contributed by atoms with van der Waals surface area (Å²) in [6.07, 6.45) is 1.83. The molecular formula is C35H28N6O16S4. The lowest BCUT2D eigenvalue weighted by molar-refractivity contribution is 0.105. The van der Waals surface area contributed by atoms with Crippen molar-refractivity contribution in [2.75, 3.05) is 28.6 Å². The zero-order valence-corrected chi connectivity index (χ0v) is 34.1. The third kappa shape index (κ3) is 9.55. The number of fused-ring (bicyclic) bond motifs is 2. The summed E-state index contributed by atoms with van der Waals surface area (Å²) in [6, 6.07) is 13.0. The van der Waals surface area contributed by atoms with Crippen LogP contribution in [-0.4, -0.2) is 88.0 Å². The number of hydrogen-bond acceptors (Lipinski definition) is 16. The van der Waals surface area contributed by atoms with E-state index in [4.69, 9.17) is 9.29 Å². The molecule has 4 aromatic carbocycles. The number of rotatable bonds is 11. The van der Waals surface area contributed by atoms with E-state index in [-0.39, 0.29) is 56.3 Å². The van der Waals surface area contributed by atoms with Crippen LogP contribution in [0.5, 0.6) is 5.75 Å². The van der Waals surface area contributed by atoms with Crippen LogP contribution >= 0.6 is 0 Å². The Kier molecular flexibility index (Phi) is 11.6. The number of hydrazone groups is 2. The van der Waals surface area contributed by atoms with Crippen LogP contribution in [0.4, 0.5) is 27.5 Å². The molecule has 2 aliphatic carbocycles. The van der Waals surface area contributed by atoms with Gasteiger partial charge in [0.2, 0.25) is 11.6 Å². The fraction of sp³-hybridized carbons (Fsp3) is 0.0571. The van der Waals surface area contributed by atoms with E-state index in [1.165, 1.54) is 56.5 Å². The highest BCUT2D eigenvalue weighted by atomic mass is 32.2. The van der Waals surface area contributed by atoms with Crippen LogP contribution < -0.4 is 26.2 Å². The van der Waals surface area contributed by atoms with Crippen LogP contribution in [0.2, 0.25) is 0 Å². The molecule has 0 aromatic heterocycles. The van der Waals surface area contributed by atoms with Gasteiger partial charge in [-0.15, -0.1) is 0 Å². The number of amides is 2. The molecule has 0 aliphatic heterocycles. The van der Waals surface area contributed by atoms with Crippen LogP contribution in [0.3, 0.4) is 0 Å². The Morgan fingerprint density at radius 1 is 0.590 bits per heavy atom. The quantitative estimate of drug-likeness (QED) is 0.0780. The lowest BCUT2D eigenvalue weighted by atomic mass is 9.94. The summed E-state index contributed by atoms with van der Waals surface area (Å²) >= 11 is 0. The van der Waals surface area contributed by atoms with Gasteiger partial charge in [-0.25, -0.2) is 4.79 Å². The first-order valence-corrected chi connectivity index (χ1v) is 22.4. The van der Waals surface area contributed by atoms with Crippen molar-refractivity contribution in [1.82, 2.24) is 0 Å². The third-order valence-corrected chi connectivity index (χ3v) is 12.2. The van der Waals surface area contributed by atoms with Gasteiger partial charge in [-0.2, -0.15) is 43.9 Å². The van der Waals surface area contributed by atoms with E-state index in [0.29, 0.717) is 0 Å². The zero-order chi connectivity index (χ0) is 44.8. The Morgan fingerprint density at radius 3 is 1.48 bits per heavy atom. The highest BCUT2D eigenvalue weighted by Crippen LogP contribution is 2.33. The lowest BCUT2D eigenvalue weighted by Crippen LogP contribution is -2.27. The molecule has 2 aliphatic rings. The van der Waals surface area contributed by atoms with Crippen LogP contribution in [-0.2, 0) is 40.5 Å². The highest BCUT2D eigenvalue weighted by Gasteiger charge is 2.35. The predicted octanol–water partition coefficient (Wildman–Crippen LogP) is 3.93. The first-order valence-electron chi connectivity index (χ1n) is 16.6.